The lowest BCUT2D eigenvalue weighted by Crippen LogP contribution is -2.11. The maximum absolute atomic E-state index is 12.9. The van der Waals surface area contributed by atoms with Crippen LogP contribution in [-0.2, 0) is 0 Å². The van der Waals surface area contributed by atoms with E-state index in [0.29, 0.717) is 5.82 Å². The molecule has 0 aromatic carbocycles. The Morgan fingerprint density at radius 2 is 2.15 bits per heavy atom. The Labute approximate surface area is 74.0 Å². The van der Waals surface area contributed by atoms with Gasteiger partial charge in [-0.3, -0.25) is 10.1 Å². The first kappa shape index (κ1) is 9.37. The summed E-state index contributed by atoms with van der Waals surface area (Å²) in [6, 6.07) is 2.48. The van der Waals surface area contributed by atoms with Gasteiger partial charge in [0.25, 0.3) is 5.95 Å². The summed E-state index contributed by atoms with van der Waals surface area (Å²) in [4.78, 5) is 14.4. The molecular formula is C7H8FN3O2. The molecule has 0 spiro atoms. The van der Waals surface area contributed by atoms with E-state index in [1.807, 2.05) is 0 Å². The minimum absolute atomic E-state index is 0.350. The zero-order valence-corrected chi connectivity index (χ0v) is 7.19. The highest BCUT2D eigenvalue weighted by Crippen LogP contribution is 2.17. The second kappa shape index (κ2) is 3.34. The third-order valence-electron chi connectivity index (χ3n) is 1.47. The minimum Gasteiger partial charge on any atom is -0.363 e. The molecule has 1 aromatic rings. The van der Waals surface area contributed by atoms with E-state index in [0.717, 1.165) is 6.07 Å². The zero-order chi connectivity index (χ0) is 10.0. The highest BCUT2D eigenvalue weighted by molar-refractivity contribution is 5.42. The van der Waals surface area contributed by atoms with E-state index >= 15 is 0 Å². The van der Waals surface area contributed by atoms with Crippen molar-refractivity contribution in [1.82, 2.24) is 4.98 Å². The molecule has 6 heteroatoms. The van der Waals surface area contributed by atoms with Crippen LogP contribution >= 0.6 is 0 Å². The monoisotopic (exact) mass is 185 g/mol. The molecule has 0 bridgehead atoms. The van der Waals surface area contributed by atoms with E-state index in [2.05, 4.69) is 4.98 Å². The standard InChI is InChI=1S/C7H8FN3O2/c1-10(2)6-4-3-5(11(12)13)7(8)9-6/h3-4H,1-2H3. The van der Waals surface area contributed by atoms with Crippen molar-refractivity contribution >= 4 is 11.5 Å². The number of rotatable bonds is 2. The fraction of sp³-hybridized carbons (Fsp3) is 0.286. The molecule has 0 aliphatic heterocycles. The third-order valence-corrected chi connectivity index (χ3v) is 1.47. The first-order valence-electron chi connectivity index (χ1n) is 3.50. The van der Waals surface area contributed by atoms with Crippen LogP contribution in [0.3, 0.4) is 0 Å². The molecule has 0 saturated carbocycles. The van der Waals surface area contributed by atoms with Crippen molar-refractivity contribution in [3.63, 3.8) is 0 Å². The lowest BCUT2D eigenvalue weighted by atomic mass is 10.4. The molecule has 0 aliphatic carbocycles. The van der Waals surface area contributed by atoms with Crippen molar-refractivity contribution in [2.45, 2.75) is 0 Å². The average Bonchev–Trinajstić information content (AvgIpc) is 2.03. The first-order chi connectivity index (χ1) is 6.02. The third kappa shape index (κ3) is 1.90. The van der Waals surface area contributed by atoms with Gasteiger partial charge in [-0.05, 0) is 6.07 Å². The van der Waals surface area contributed by atoms with Crippen LogP contribution in [0.15, 0.2) is 12.1 Å². The highest BCUT2D eigenvalue weighted by Gasteiger charge is 2.15. The van der Waals surface area contributed by atoms with Crippen LogP contribution in [0.25, 0.3) is 0 Å². The lowest BCUT2D eigenvalue weighted by molar-refractivity contribution is -0.388. The first-order valence-corrected chi connectivity index (χ1v) is 3.50. The van der Waals surface area contributed by atoms with E-state index in [9.17, 15) is 14.5 Å². The van der Waals surface area contributed by atoms with Crippen molar-refractivity contribution in [2.75, 3.05) is 19.0 Å². The lowest BCUT2D eigenvalue weighted by Gasteiger charge is -2.09. The maximum Gasteiger partial charge on any atom is 0.324 e. The van der Waals surface area contributed by atoms with Gasteiger partial charge >= 0.3 is 5.69 Å². The van der Waals surface area contributed by atoms with Crippen LogP contribution in [0.4, 0.5) is 15.9 Å². The maximum atomic E-state index is 12.9. The van der Waals surface area contributed by atoms with E-state index in [1.165, 1.54) is 6.07 Å². The molecular weight excluding hydrogens is 177 g/mol. The van der Waals surface area contributed by atoms with Gasteiger partial charge in [0.2, 0.25) is 0 Å². The topological polar surface area (TPSA) is 59.3 Å². The number of nitro groups is 1. The molecule has 0 saturated heterocycles. The molecule has 0 aliphatic rings. The molecule has 0 radical (unpaired) electrons. The predicted octanol–water partition coefficient (Wildman–Crippen LogP) is 1.19. The summed E-state index contributed by atoms with van der Waals surface area (Å²) in [5, 5.41) is 10.2. The fourth-order valence-electron chi connectivity index (χ4n) is 0.803. The molecule has 70 valence electrons. The summed E-state index contributed by atoms with van der Waals surface area (Å²) in [6.45, 7) is 0. The van der Waals surface area contributed by atoms with Gasteiger partial charge < -0.3 is 4.90 Å². The van der Waals surface area contributed by atoms with Gasteiger partial charge in [-0.2, -0.15) is 9.37 Å². The summed E-state index contributed by atoms with van der Waals surface area (Å²) in [5.74, 6) is -0.709. The Kier molecular flexibility index (Phi) is 2.41. The van der Waals surface area contributed by atoms with Crippen LogP contribution in [0, 0.1) is 16.1 Å². The molecule has 1 heterocycles. The van der Waals surface area contributed by atoms with E-state index in [4.69, 9.17) is 0 Å². The van der Waals surface area contributed by atoms with Gasteiger partial charge in [0.15, 0.2) is 0 Å². The largest absolute Gasteiger partial charge is 0.363 e. The normalized spacial score (nSPS) is 9.77. The molecule has 1 rings (SSSR count). The van der Waals surface area contributed by atoms with Gasteiger partial charge in [-0.15, -0.1) is 0 Å². The fourth-order valence-corrected chi connectivity index (χ4v) is 0.803. The average molecular weight is 185 g/mol. The van der Waals surface area contributed by atoms with Crippen LogP contribution in [0.5, 0.6) is 0 Å². The van der Waals surface area contributed by atoms with Crippen molar-refractivity contribution < 1.29 is 9.31 Å². The molecule has 0 atom stereocenters. The number of anilines is 1. The van der Waals surface area contributed by atoms with Crippen molar-refractivity contribution in [1.29, 1.82) is 0 Å². The molecule has 13 heavy (non-hydrogen) atoms. The summed E-state index contributed by atoms with van der Waals surface area (Å²) in [5.41, 5.74) is -0.606. The Balaban J connectivity index is 3.13. The van der Waals surface area contributed by atoms with Crippen LogP contribution < -0.4 is 4.90 Å². The second-order valence-electron chi connectivity index (χ2n) is 2.63. The van der Waals surface area contributed by atoms with Gasteiger partial charge in [-0.25, -0.2) is 0 Å². The number of hydrogen-bond donors (Lipinski definition) is 0. The SMILES string of the molecule is CN(C)c1ccc([N+](=O)[O-])c(F)n1. The summed E-state index contributed by atoms with van der Waals surface area (Å²) in [6.07, 6.45) is 0. The van der Waals surface area contributed by atoms with Gasteiger partial charge in [0, 0.05) is 20.2 Å². The Morgan fingerprint density at radius 3 is 2.54 bits per heavy atom. The van der Waals surface area contributed by atoms with Crippen molar-refractivity contribution in [3.8, 4) is 0 Å². The quantitative estimate of drug-likeness (QED) is 0.394. The van der Waals surface area contributed by atoms with Crippen LogP contribution in [0.1, 0.15) is 0 Å². The molecule has 0 amide bonds. The van der Waals surface area contributed by atoms with Gasteiger partial charge in [-0.1, -0.05) is 0 Å². The molecule has 5 nitrogen and oxygen atoms in total. The summed E-state index contributed by atoms with van der Waals surface area (Å²) >= 11 is 0. The summed E-state index contributed by atoms with van der Waals surface area (Å²) < 4.78 is 12.9. The Morgan fingerprint density at radius 1 is 1.54 bits per heavy atom. The highest BCUT2D eigenvalue weighted by atomic mass is 19.1. The smallest absolute Gasteiger partial charge is 0.324 e. The number of nitrogens with zero attached hydrogens (tertiary/aromatic N) is 3. The predicted molar refractivity (Wildman–Crippen MR) is 45.2 cm³/mol. The second-order valence-corrected chi connectivity index (χ2v) is 2.63. The zero-order valence-electron chi connectivity index (χ0n) is 7.19. The van der Waals surface area contributed by atoms with E-state index in [1.54, 1.807) is 19.0 Å². The Bertz CT molecular complexity index is 341. The van der Waals surface area contributed by atoms with Gasteiger partial charge in [0.1, 0.15) is 5.82 Å². The van der Waals surface area contributed by atoms with E-state index < -0.39 is 16.6 Å². The molecule has 0 unspecified atom stereocenters. The number of hydrogen-bond acceptors (Lipinski definition) is 4. The van der Waals surface area contributed by atoms with Crippen LogP contribution in [-0.4, -0.2) is 24.0 Å². The van der Waals surface area contributed by atoms with Crippen LogP contribution in [0.2, 0.25) is 0 Å². The Hall–Kier alpha value is -1.72. The molecule has 0 N–H and O–H groups in total. The van der Waals surface area contributed by atoms with Gasteiger partial charge in [0.05, 0.1) is 4.92 Å². The summed E-state index contributed by atoms with van der Waals surface area (Å²) in [7, 11) is 3.35. The number of halogens is 1. The van der Waals surface area contributed by atoms with Crippen molar-refractivity contribution in [2.24, 2.45) is 0 Å². The number of pyridine rings is 1. The molecule has 1 aromatic heterocycles. The molecule has 0 fully saturated rings. The van der Waals surface area contributed by atoms with E-state index in [-0.39, 0.29) is 0 Å². The minimum atomic E-state index is -1.06. The van der Waals surface area contributed by atoms with Crippen molar-refractivity contribution in [3.05, 3.63) is 28.2 Å². The number of aromatic nitrogens is 1.